The number of rotatable bonds is 2. The fraction of sp³-hybridized carbons (Fsp3) is 0. The molecule has 0 bridgehead atoms. The van der Waals surface area contributed by atoms with Crippen molar-refractivity contribution in [1.82, 2.24) is 0 Å². The van der Waals surface area contributed by atoms with Gasteiger partial charge in [-0.2, -0.15) is 0 Å². The first-order valence-electron chi connectivity index (χ1n) is 5.63. The summed E-state index contributed by atoms with van der Waals surface area (Å²) >= 11 is 1.78. The molecule has 0 fully saturated rings. The van der Waals surface area contributed by atoms with E-state index < -0.39 is 0 Å². The van der Waals surface area contributed by atoms with Crippen LogP contribution >= 0.6 is 11.3 Å². The third kappa shape index (κ3) is 2.12. The number of hydrogen-bond acceptors (Lipinski definition) is 2. The van der Waals surface area contributed by atoms with Gasteiger partial charge < -0.3 is 5.32 Å². The van der Waals surface area contributed by atoms with Crippen LogP contribution in [0.25, 0.3) is 10.1 Å². The molecule has 3 heteroatoms. The van der Waals surface area contributed by atoms with Gasteiger partial charge in [-0.3, -0.25) is 0 Å². The van der Waals surface area contributed by atoms with E-state index in [0.29, 0.717) is 0 Å². The van der Waals surface area contributed by atoms with Crippen molar-refractivity contribution in [2.45, 2.75) is 0 Å². The summed E-state index contributed by atoms with van der Waals surface area (Å²) in [7, 11) is 1.11. The molecule has 0 unspecified atom stereocenters. The second kappa shape index (κ2) is 4.35. The van der Waals surface area contributed by atoms with Crippen molar-refractivity contribution < 1.29 is 0 Å². The van der Waals surface area contributed by atoms with Crippen molar-refractivity contribution in [1.29, 1.82) is 0 Å². The molecule has 0 aliphatic heterocycles. The molecule has 0 aliphatic carbocycles. The van der Waals surface area contributed by atoms with Gasteiger partial charge in [0.1, 0.15) is 0 Å². The SMILES string of the molecule is [SiH3]c1ccc(Nc2csc3ccccc23)cc1. The molecule has 0 atom stereocenters. The van der Waals surface area contributed by atoms with E-state index in [9.17, 15) is 0 Å². The lowest BCUT2D eigenvalue weighted by atomic mass is 10.2. The molecule has 2 aromatic carbocycles. The second-order valence-corrected chi connectivity index (χ2v) is 6.20. The third-order valence-corrected chi connectivity index (χ3v) is 4.44. The first-order chi connectivity index (χ1) is 8.33. The zero-order valence-corrected chi connectivity index (χ0v) is 12.4. The van der Waals surface area contributed by atoms with Crippen molar-refractivity contribution in [2.24, 2.45) is 0 Å². The summed E-state index contributed by atoms with van der Waals surface area (Å²) in [5.74, 6) is 0. The van der Waals surface area contributed by atoms with Crippen molar-refractivity contribution in [3.8, 4) is 0 Å². The van der Waals surface area contributed by atoms with Gasteiger partial charge in [-0.25, -0.2) is 0 Å². The maximum Gasteiger partial charge on any atom is 0.0572 e. The topological polar surface area (TPSA) is 12.0 Å². The third-order valence-electron chi connectivity index (χ3n) is 2.81. The maximum atomic E-state index is 3.48. The molecular formula is C14H13NSSi. The van der Waals surface area contributed by atoms with E-state index in [2.05, 4.69) is 59.2 Å². The molecule has 17 heavy (non-hydrogen) atoms. The summed E-state index contributed by atoms with van der Waals surface area (Å²) in [6, 6.07) is 17.1. The van der Waals surface area contributed by atoms with Gasteiger partial charge in [-0.1, -0.05) is 35.5 Å². The highest BCUT2D eigenvalue weighted by Gasteiger charge is 2.02. The summed E-state index contributed by atoms with van der Waals surface area (Å²) in [5, 5.41) is 8.38. The van der Waals surface area contributed by atoms with E-state index in [4.69, 9.17) is 0 Å². The van der Waals surface area contributed by atoms with Crippen LogP contribution in [0.5, 0.6) is 0 Å². The summed E-state index contributed by atoms with van der Waals surface area (Å²) in [4.78, 5) is 0. The molecule has 84 valence electrons. The van der Waals surface area contributed by atoms with Gasteiger partial charge in [0.2, 0.25) is 0 Å². The second-order valence-electron chi connectivity index (χ2n) is 4.14. The van der Waals surface area contributed by atoms with Gasteiger partial charge in [-0.15, -0.1) is 11.3 Å². The largest absolute Gasteiger partial charge is 0.354 e. The Balaban J connectivity index is 1.97. The van der Waals surface area contributed by atoms with Crippen LogP contribution in [-0.4, -0.2) is 10.2 Å². The molecule has 0 spiro atoms. The van der Waals surface area contributed by atoms with Crippen molar-refractivity contribution in [2.75, 3.05) is 5.32 Å². The Hall–Kier alpha value is -1.58. The van der Waals surface area contributed by atoms with E-state index in [-0.39, 0.29) is 0 Å². The normalized spacial score (nSPS) is 10.8. The van der Waals surface area contributed by atoms with E-state index in [1.165, 1.54) is 21.0 Å². The van der Waals surface area contributed by atoms with Crippen LogP contribution in [0, 0.1) is 0 Å². The van der Waals surface area contributed by atoms with E-state index in [1.807, 2.05) is 0 Å². The van der Waals surface area contributed by atoms with Crippen LogP contribution in [0.4, 0.5) is 11.4 Å². The Morgan fingerprint density at radius 2 is 1.71 bits per heavy atom. The van der Waals surface area contributed by atoms with E-state index in [0.717, 1.165) is 15.9 Å². The maximum absolute atomic E-state index is 3.48. The average Bonchev–Trinajstić information content (AvgIpc) is 2.76. The molecule has 1 nitrogen and oxygen atoms in total. The lowest BCUT2D eigenvalue weighted by Crippen LogP contribution is -2.00. The molecule has 0 saturated heterocycles. The minimum Gasteiger partial charge on any atom is -0.354 e. The first kappa shape index (κ1) is 10.6. The number of fused-ring (bicyclic) bond motifs is 1. The van der Waals surface area contributed by atoms with Crippen LogP contribution in [0.3, 0.4) is 0 Å². The van der Waals surface area contributed by atoms with Gasteiger partial charge in [0.05, 0.1) is 5.69 Å². The van der Waals surface area contributed by atoms with Crippen molar-refractivity contribution in [3.63, 3.8) is 0 Å². The molecular weight excluding hydrogens is 242 g/mol. The number of nitrogens with one attached hydrogen (secondary N) is 1. The zero-order chi connectivity index (χ0) is 11.7. The molecule has 1 N–H and O–H groups in total. The summed E-state index contributed by atoms with van der Waals surface area (Å²) in [6.07, 6.45) is 0. The molecule has 0 saturated carbocycles. The fourth-order valence-electron chi connectivity index (χ4n) is 1.87. The molecule has 1 aromatic heterocycles. The van der Waals surface area contributed by atoms with Crippen LogP contribution < -0.4 is 10.5 Å². The number of hydrogen-bond donors (Lipinski definition) is 1. The van der Waals surface area contributed by atoms with Gasteiger partial charge in [0.15, 0.2) is 0 Å². The molecule has 1 heterocycles. The average molecular weight is 255 g/mol. The van der Waals surface area contributed by atoms with Crippen molar-refractivity contribution >= 4 is 48.2 Å². The molecule has 0 aliphatic rings. The zero-order valence-electron chi connectivity index (χ0n) is 9.60. The lowest BCUT2D eigenvalue weighted by molar-refractivity contribution is 1.62. The van der Waals surface area contributed by atoms with Gasteiger partial charge in [0, 0.05) is 31.4 Å². The summed E-state index contributed by atoms with van der Waals surface area (Å²) < 4.78 is 1.33. The van der Waals surface area contributed by atoms with Gasteiger partial charge in [0.25, 0.3) is 0 Å². The Labute approximate surface area is 108 Å². The lowest BCUT2D eigenvalue weighted by Gasteiger charge is -2.05. The van der Waals surface area contributed by atoms with Crippen molar-refractivity contribution in [3.05, 3.63) is 53.9 Å². The fourth-order valence-corrected chi connectivity index (χ4v) is 3.09. The highest BCUT2D eigenvalue weighted by molar-refractivity contribution is 7.17. The first-order valence-corrected chi connectivity index (χ1v) is 7.51. The highest BCUT2D eigenvalue weighted by atomic mass is 32.1. The van der Waals surface area contributed by atoms with E-state index >= 15 is 0 Å². The smallest absolute Gasteiger partial charge is 0.0572 e. The van der Waals surface area contributed by atoms with Gasteiger partial charge >= 0.3 is 0 Å². The van der Waals surface area contributed by atoms with Crippen LogP contribution in [0.15, 0.2) is 53.9 Å². The summed E-state index contributed by atoms with van der Waals surface area (Å²) in [5.41, 5.74) is 2.36. The van der Waals surface area contributed by atoms with Crippen LogP contribution in [0.2, 0.25) is 0 Å². The minimum absolute atomic E-state index is 1.11. The molecule has 3 aromatic rings. The molecule has 0 radical (unpaired) electrons. The Bertz CT molecular complexity index is 643. The van der Waals surface area contributed by atoms with Gasteiger partial charge in [-0.05, 0) is 18.2 Å². The number of thiophene rings is 1. The quantitative estimate of drug-likeness (QED) is 0.694. The molecule has 0 amide bonds. The van der Waals surface area contributed by atoms with Crippen LogP contribution in [-0.2, 0) is 0 Å². The molecule has 3 rings (SSSR count). The predicted molar refractivity (Wildman–Crippen MR) is 81.1 cm³/mol. The number of benzene rings is 2. The Morgan fingerprint density at radius 3 is 2.53 bits per heavy atom. The highest BCUT2D eigenvalue weighted by Crippen LogP contribution is 2.31. The standard InChI is InChI=1S/C14H13NSSi/c17-11-7-5-10(6-8-11)15-13-9-16-14-4-2-1-3-12(13)14/h1-9,15H,17H3. The predicted octanol–water partition coefficient (Wildman–Crippen LogP) is 2.64. The van der Waals surface area contributed by atoms with E-state index in [1.54, 1.807) is 11.3 Å². The summed E-state index contributed by atoms with van der Waals surface area (Å²) in [6.45, 7) is 0. The van der Waals surface area contributed by atoms with Crippen LogP contribution in [0.1, 0.15) is 0 Å². The minimum atomic E-state index is 1.11. The number of anilines is 2. The Kier molecular flexibility index (Phi) is 2.70. The Morgan fingerprint density at radius 1 is 0.941 bits per heavy atom. The monoisotopic (exact) mass is 255 g/mol.